The Hall–Kier alpha value is -2.51. The number of benzene rings is 2. The summed E-state index contributed by atoms with van der Waals surface area (Å²) in [5, 5.41) is 21.9. The molecule has 0 bridgehead atoms. The van der Waals surface area contributed by atoms with Crippen LogP contribution in [-0.2, 0) is 0 Å². The van der Waals surface area contributed by atoms with Gasteiger partial charge in [-0.2, -0.15) is 5.26 Å². The summed E-state index contributed by atoms with van der Waals surface area (Å²) < 4.78 is 0. The number of nitrogens with zero attached hydrogens (tertiary/aromatic N) is 2. The van der Waals surface area contributed by atoms with Crippen molar-refractivity contribution in [1.82, 2.24) is 0 Å². The maximum atomic E-state index is 10.1. The first-order valence-corrected chi connectivity index (χ1v) is 6.81. The van der Waals surface area contributed by atoms with E-state index in [9.17, 15) is 5.11 Å². The first kappa shape index (κ1) is 14.9. The molecule has 4 nitrogen and oxygen atoms in total. The van der Waals surface area contributed by atoms with Gasteiger partial charge in [0.25, 0.3) is 0 Å². The predicted molar refractivity (Wildman–Crippen MR) is 85.2 cm³/mol. The second-order valence-electron chi connectivity index (χ2n) is 5.02. The van der Waals surface area contributed by atoms with Gasteiger partial charge < -0.3 is 15.3 Å². The molecule has 0 saturated carbocycles. The largest absolute Gasteiger partial charge is 0.372 e. The van der Waals surface area contributed by atoms with Gasteiger partial charge in [-0.1, -0.05) is 18.2 Å². The van der Waals surface area contributed by atoms with Crippen LogP contribution in [-0.4, -0.2) is 24.9 Å². The van der Waals surface area contributed by atoms with Crippen molar-refractivity contribution in [3.05, 3.63) is 59.7 Å². The molecule has 2 aromatic carbocycles. The van der Waals surface area contributed by atoms with Gasteiger partial charge in [-0.15, -0.1) is 0 Å². The van der Waals surface area contributed by atoms with Crippen LogP contribution in [0.3, 0.4) is 0 Å². The molecule has 0 radical (unpaired) electrons. The highest BCUT2D eigenvalue weighted by Crippen LogP contribution is 2.18. The van der Waals surface area contributed by atoms with Crippen LogP contribution in [0.1, 0.15) is 11.1 Å². The zero-order valence-corrected chi connectivity index (χ0v) is 12.2. The Bertz CT molecular complexity index is 631. The molecule has 21 heavy (non-hydrogen) atoms. The number of nitrogens with one attached hydrogen (secondary N) is 1. The summed E-state index contributed by atoms with van der Waals surface area (Å²) >= 11 is 0. The van der Waals surface area contributed by atoms with Crippen LogP contribution in [0.2, 0.25) is 0 Å². The van der Waals surface area contributed by atoms with Gasteiger partial charge in [-0.25, -0.2) is 0 Å². The fourth-order valence-corrected chi connectivity index (χ4v) is 2.23. The number of para-hydroxylation sites is 1. The standard InChI is InChI=1S/C17H19N3O/c1-13-5-3-4-6-16(13)20(2)12-17(21)19-15-9-7-14(11-18)8-10-15/h3-10,17,19,21H,12H2,1-2H3. The zero-order chi connectivity index (χ0) is 15.2. The summed E-state index contributed by atoms with van der Waals surface area (Å²) in [7, 11) is 1.95. The number of aliphatic hydroxyl groups excluding tert-OH is 1. The van der Waals surface area contributed by atoms with Crippen LogP contribution in [0.25, 0.3) is 0 Å². The predicted octanol–water partition coefficient (Wildman–Crippen LogP) is 2.73. The topological polar surface area (TPSA) is 59.3 Å². The van der Waals surface area contributed by atoms with Gasteiger partial charge in [0.1, 0.15) is 6.23 Å². The minimum atomic E-state index is -0.692. The molecule has 4 heteroatoms. The van der Waals surface area contributed by atoms with E-state index in [1.165, 1.54) is 5.56 Å². The molecule has 0 aliphatic carbocycles. The molecule has 1 atom stereocenters. The number of anilines is 2. The molecule has 0 fully saturated rings. The molecule has 2 rings (SSSR count). The summed E-state index contributed by atoms with van der Waals surface area (Å²) in [6.07, 6.45) is -0.692. The van der Waals surface area contributed by atoms with E-state index in [-0.39, 0.29) is 0 Å². The molecule has 0 spiro atoms. The van der Waals surface area contributed by atoms with E-state index in [0.29, 0.717) is 12.1 Å². The molecular weight excluding hydrogens is 262 g/mol. The van der Waals surface area contributed by atoms with Crippen molar-refractivity contribution in [3.63, 3.8) is 0 Å². The Balaban J connectivity index is 1.96. The zero-order valence-electron chi connectivity index (χ0n) is 12.2. The molecule has 0 aliphatic rings. The van der Waals surface area contributed by atoms with Crippen molar-refractivity contribution in [3.8, 4) is 6.07 Å². The maximum Gasteiger partial charge on any atom is 0.142 e. The Morgan fingerprint density at radius 3 is 2.48 bits per heavy atom. The second kappa shape index (κ2) is 6.78. The van der Waals surface area contributed by atoms with Crippen LogP contribution in [0.5, 0.6) is 0 Å². The Kier molecular flexibility index (Phi) is 4.81. The lowest BCUT2D eigenvalue weighted by molar-refractivity contribution is 0.210. The van der Waals surface area contributed by atoms with Crippen LogP contribution < -0.4 is 10.2 Å². The molecule has 0 saturated heterocycles. The molecule has 2 aromatic rings. The number of rotatable bonds is 5. The van der Waals surface area contributed by atoms with Crippen LogP contribution >= 0.6 is 0 Å². The first-order valence-electron chi connectivity index (χ1n) is 6.81. The van der Waals surface area contributed by atoms with Crippen molar-refractivity contribution >= 4 is 11.4 Å². The fraction of sp³-hybridized carbons (Fsp3) is 0.235. The second-order valence-corrected chi connectivity index (χ2v) is 5.02. The minimum Gasteiger partial charge on any atom is -0.372 e. The molecule has 0 aliphatic heterocycles. The number of aliphatic hydroxyl groups is 1. The monoisotopic (exact) mass is 281 g/mol. The van der Waals surface area contributed by atoms with Gasteiger partial charge >= 0.3 is 0 Å². The van der Waals surface area contributed by atoms with Crippen LogP contribution in [0, 0.1) is 18.3 Å². The van der Waals surface area contributed by atoms with E-state index in [1.807, 2.05) is 43.1 Å². The third kappa shape index (κ3) is 3.98. The number of nitriles is 1. The Labute approximate surface area is 125 Å². The fourth-order valence-electron chi connectivity index (χ4n) is 2.23. The third-order valence-electron chi connectivity index (χ3n) is 3.32. The summed E-state index contributed by atoms with van der Waals surface area (Å²) in [5.41, 5.74) is 3.66. The average molecular weight is 281 g/mol. The summed E-state index contributed by atoms with van der Waals surface area (Å²) in [6.45, 7) is 2.51. The van der Waals surface area contributed by atoms with Crippen molar-refractivity contribution < 1.29 is 5.11 Å². The molecule has 0 amide bonds. The highest BCUT2D eigenvalue weighted by molar-refractivity contribution is 5.53. The number of hydrogen-bond acceptors (Lipinski definition) is 4. The SMILES string of the molecule is Cc1ccccc1N(C)CC(O)Nc1ccc(C#N)cc1. The first-order chi connectivity index (χ1) is 10.1. The van der Waals surface area contributed by atoms with Crippen molar-refractivity contribution in [1.29, 1.82) is 5.26 Å². The molecular formula is C17H19N3O. The van der Waals surface area contributed by atoms with Crippen LogP contribution in [0.15, 0.2) is 48.5 Å². The van der Waals surface area contributed by atoms with Crippen molar-refractivity contribution in [2.45, 2.75) is 13.2 Å². The molecule has 0 aromatic heterocycles. The Morgan fingerprint density at radius 2 is 1.86 bits per heavy atom. The van der Waals surface area contributed by atoms with Gasteiger partial charge in [0, 0.05) is 18.4 Å². The van der Waals surface area contributed by atoms with Gasteiger partial charge in [0.2, 0.25) is 0 Å². The summed E-state index contributed by atoms with van der Waals surface area (Å²) in [4.78, 5) is 2.01. The summed E-state index contributed by atoms with van der Waals surface area (Å²) in [5.74, 6) is 0. The highest BCUT2D eigenvalue weighted by atomic mass is 16.3. The maximum absolute atomic E-state index is 10.1. The van der Waals surface area contributed by atoms with Gasteiger partial charge in [0.05, 0.1) is 18.2 Å². The van der Waals surface area contributed by atoms with E-state index in [2.05, 4.69) is 11.4 Å². The smallest absolute Gasteiger partial charge is 0.142 e. The lowest BCUT2D eigenvalue weighted by Gasteiger charge is -2.25. The molecule has 2 N–H and O–H groups in total. The third-order valence-corrected chi connectivity index (χ3v) is 3.32. The van der Waals surface area contributed by atoms with Gasteiger partial charge in [0.15, 0.2) is 0 Å². The van der Waals surface area contributed by atoms with Crippen molar-refractivity contribution in [2.75, 3.05) is 23.8 Å². The van der Waals surface area contributed by atoms with E-state index >= 15 is 0 Å². The lowest BCUT2D eigenvalue weighted by Crippen LogP contribution is -2.34. The van der Waals surface area contributed by atoms with E-state index in [0.717, 1.165) is 11.4 Å². The number of hydrogen-bond donors (Lipinski definition) is 2. The minimum absolute atomic E-state index is 0.463. The summed E-state index contributed by atoms with van der Waals surface area (Å²) in [6, 6.07) is 17.2. The number of likely N-dealkylation sites (N-methyl/N-ethyl adjacent to an activating group) is 1. The average Bonchev–Trinajstić information content (AvgIpc) is 2.48. The van der Waals surface area contributed by atoms with Crippen LogP contribution in [0.4, 0.5) is 11.4 Å². The van der Waals surface area contributed by atoms with E-state index in [4.69, 9.17) is 5.26 Å². The van der Waals surface area contributed by atoms with Gasteiger partial charge in [-0.3, -0.25) is 0 Å². The molecule has 108 valence electrons. The highest BCUT2D eigenvalue weighted by Gasteiger charge is 2.10. The van der Waals surface area contributed by atoms with E-state index < -0.39 is 6.23 Å². The number of aryl methyl sites for hydroxylation is 1. The van der Waals surface area contributed by atoms with Crippen molar-refractivity contribution in [2.24, 2.45) is 0 Å². The molecule has 1 unspecified atom stereocenters. The quantitative estimate of drug-likeness (QED) is 0.827. The Morgan fingerprint density at radius 1 is 1.19 bits per heavy atom. The molecule has 0 heterocycles. The van der Waals surface area contributed by atoms with Gasteiger partial charge in [-0.05, 0) is 42.8 Å². The van der Waals surface area contributed by atoms with E-state index in [1.54, 1.807) is 24.3 Å². The lowest BCUT2D eigenvalue weighted by atomic mass is 10.2. The normalized spacial score (nSPS) is 11.5.